The average molecular weight is 366 g/mol. The summed E-state index contributed by atoms with van der Waals surface area (Å²) in [4.78, 5) is 25.1. The number of nitrogens with one attached hydrogen (secondary N) is 1. The van der Waals surface area contributed by atoms with Crippen LogP contribution in [-0.2, 0) is 6.54 Å². The van der Waals surface area contributed by atoms with Gasteiger partial charge in [-0.2, -0.15) is 10.2 Å². The lowest BCUT2D eigenvalue weighted by Gasteiger charge is -2.09. The van der Waals surface area contributed by atoms with Crippen molar-refractivity contribution in [3.63, 3.8) is 0 Å². The van der Waals surface area contributed by atoms with E-state index in [0.717, 1.165) is 5.56 Å². The molecule has 0 aliphatic heterocycles. The molecule has 1 aromatic heterocycles. The van der Waals surface area contributed by atoms with Crippen molar-refractivity contribution in [3.05, 3.63) is 76.0 Å². The molecule has 7 heteroatoms. The molecule has 27 heavy (non-hydrogen) atoms. The molecule has 1 heterocycles. The van der Waals surface area contributed by atoms with E-state index in [4.69, 9.17) is 0 Å². The highest BCUT2D eigenvalue weighted by molar-refractivity contribution is 6.06. The number of carbonyl (C=O) groups is 1. The van der Waals surface area contributed by atoms with Crippen molar-refractivity contribution in [2.24, 2.45) is 5.10 Å². The summed E-state index contributed by atoms with van der Waals surface area (Å²) in [6.45, 7) is 4.02. The van der Waals surface area contributed by atoms with E-state index in [1.54, 1.807) is 43.3 Å². The first-order chi connectivity index (χ1) is 13.0. The fraction of sp³-hybridized carbons (Fsp3) is 0.200. The molecule has 0 saturated heterocycles. The predicted octanol–water partition coefficient (Wildman–Crippen LogP) is 3.10. The summed E-state index contributed by atoms with van der Waals surface area (Å²) in [6.07, 6.45) is 0.550. The first kappa shape index (κ1) is 18.4. The normalized spacial score (nSPS) is 11.6. The Hall–Kier alpha value is -3.35. The second-order valence-electron chi connectivity index (χ2n) is 5.87. The molecule has 0 atom stereocenters. The zero-order chi connectivity index (χ0) is 19.4. The topological polar surface area (TPSA) is 76.3 Å². The van der Waals surface area contributed by atoms with Gasteiger partial charge in [-0.15, -0.1) is 0 Å². The second kappa shape index (κ2) is 7.90. The Morgan fingerprint density at radius 1 is 1.11 bits per heavy atom. The Morgan fingerprint density at radius 2 is 1.78 bits per heavy atom. The molecule has 0 bridgehead atoms. The highest BCUT2D eigenvalue weighted by Gasteiger charge is 2.16. The molecule has 3 rings (SSSR count). The van der Waals surface area contributed by atoms with E-state index in [1.807, 2.05) is 6.92 Å². The van der Waals surface area contributed by atoms with Gasteiger partial charge in [0.15, 0.2) is 5.69 Å². The van der Waals surface area contributed by atoms with Crippen LogP contribution in [0.3, 0.4) is 0 Å². The number of carbonyl (C=O) groups excluding carboxylic acids is 1. The van der Waals surface area contributed by atoms with Gasteiger partial charge in [-0.3, -0.25) is 9.59 Å². The van der Waals surface area contributed by atoms with Gasteiger partial charge in [0, 0.05) is 11.9 Å². The van der Waals surface area contributed by atoms with Gasteiger partial charge in [0.1, 0.15) is 5.82 Å². The van der Waals surface area contributed by atoms with E-state index in [2.05, 4.69) is 15.6 Å². The number of fused-ring (bicyclic) bond motifs is 1. The number of rotatable bonds is 5. The van der Waals surface area contributed by atoms with Crippen molar-refractivity contribution < 1.29 is 9.18 Å². The molecule has 0 radical (unpaired) electrons. The number of benzene rings is 2. The van der Waals surface area contributed by atoms with Gasteiger partial charge in [-0.05, 0) is 37.1 Å². The van der Waals surface area contributed by atoms with Crippen LogP contribution in [0.1, 0.15) is 36.3 Å². The van der Waals surface area contributed by atoms with Gasteiger partial charge in [0.2, 0.25) is 0 Å². The van der Waals surface area contributed by atoms with Crippen LogP contribution in [0.4, 0.5) is 4.39 Å². The maximum Gasteiger partial charge on any atom is 0.292 e. The van der Waals surface area contributed by atoms with Crippen molar-refractivity contribution in [2.45, 2.75) is 26.8 Å². The lowest BCUT2D eigenvalue weighted by atomic mass is 10.1. The standard InChI is InChI=1S/C20H19FN4O2/c1-3-17(13-9-11-14(21)12-10-13)22-23-19(26)18-15-7-5-6-8-16(15)20(27)25(4-2)24-18/h5-12H,3-4H2,1-2H3,(H,23,26)/b22-17-. The van der Waals surface area contributed by atoms with Gasteiger partial charge in [-0.25, -0.2) is 14.5 Å². The van der Waals surface area contributed by atoms with Crippen LogP contribution in [0.25, 0.3) is 10.8 Å². The molecule has 0 fully saturated rings. The molecule has 0 saturated carbocycles. The van der Waals surface area contributed by atoms with Gasteiger partial charge in [0.05, 0.1) is 11.1 Å². The quantitative estimate of drug-likeness (QED) is 0.557. The number of hydrogen-bond donors (Lipinski definition) is 1. The van der Waals surface area contributed by atoms with Crippen LogP contribution in [-0.4, -0.2) is 21.4 Å². The second-order valence-corrected chi connectivity index (χ2v) is 5.87. The van der Waals surface area contributed by atoms with Crippen molar-refractivity contribution in [3.8, 4) is 0 Å². The summed E-state index contributed by atoms with van der Waals surface area (Å²) in [6, 6.07) is 12.7. The number of aryl methyl sites for hydroxylation is 1. The van der Waals surface area contributed by atoms with E-state index in [1.165, 1.54) is 16.8 Å². The molecule has 3 aromatic rings. The van der Waals surface area contributed by atoms with Crippen LogP contribution < -0.4 is 11.0 Å². The Kier molecular flexibility index (Phi) is 5.40. The Morgan fingerprint density at radius 3 is 2.41 bits per heavy atom. The zero-order valence-corrected chi connectivity index (χ0v) is 15.1. The number of halogens is 1. The first-order valence-corrected chi connectivity index (χ1v) is 8.67. The molecule has 2 aromatic carbocycles. The Labute approximate surface area is 155 Å². The molecule has 0 unspecified atom stereocenters. The van der Waals surface area contributed by atoms with E-state index in [-0.39, 0.29) is 17.1 Å². The summed E-state index contributed by atoms with van der Waals surface area (Å²) in [7, 11) is 0. The number of hydrazone groups is 1. The van der Waals surface area contributed by atoms with Crippen molar-refractivity contribution in [1.82, 2.24) is 15.2 Å². The molecule has 0 spiro atoms. The first-order valence-electron chi connectivity index (χ1n) is 8.67. The zero-order valence-electron chi connectivity index (χ0n) is 15.1. The molecular formula is C20H19FN4O2. The summed E-state index contributed by atoms with van der Waals surface area (Å²) in [5, 5.41) is 9.25. The molecule has 0 aliphatic carbocycles. The summed E-state index contributed by atoms with van der Waals surface area (Å²) in [5.74, 6) is -0.850. The highest BCUT2D eigenvalue weighted by atomic mass is 19.1. The van der Waals surface area contributed by atoms with E-state index >= 15 is 0 Å². The average Bonchev–Trinajstić information content (AvgIpc) is 2.70. The largest absolute Gasteiger partial charge is 0.292 e. The summed E-state index contributed by atoms with van der Waals surface area (Å²) < 4.78 is 14.3. The molecule has 1 amide bonds. The third-order valence-electron chi connectivity index (χ3n) is 4.19. The van der Waals surface area contributed by atoms with Crippen LogP contribution in [0.5, 0.6) is 0 Å². The van der Waals surface area contributed by atoms with Crippen LogP contribution in [0.15, 0.2) is 58.4 Å². The van der Waals surface area contributed by atoms with E-state index in [9.17, 15) is 14.0 Å². The van der Waals surface area contributed by atoms with Gasteiger partial charge >= 0.3 is 0 Å². The third kappa shape index (κ3) is 3.76. The Balaban J connectivity index is 1.97. The number of hydrogen-bond acceptors (Lipinski definition) is 4. The SMILES string of the molecule is CC/C(=N/NC(=O)c1nn(CC)c(=O)c2ccccc12)c1ccc(F)cc1. The van der Waals surface area contributed by atoms with E-state index < -0.39 is 5.91 Å². The fourth-order valence-corrected chi connectivity index (χ4v) is 2.78. The summed E-state index contributed by atoms with van der Waals surface area (Å²) in [5.41, 5.74) is 3.72. The Bertz CT molecular complexity index is 1070. The maximum absolute atomic E-state index is 13.1. The minimum atomic E-state index is -0.513. The number of amides is 1. The van der Waals surface area contributed by atoms with Crippen molar-refractivity contribution in [2.75, 3.05) is 0 Å². The predicted molar refractivity (Wildman–Crippen MR) is 102 cm³/mol. The fourth-order valence-electron chi connectivity index (χ4n) is 2.78. The maximum atomic E-state index is 13.1. The minimum absolute atomic E-state index is 0.130. The van der Waals surface area contributed by atoms with Crippen molar-refractivity contribution in [1.29, 1.82) is 0 Å². The lowest BCUT2D eigenvalue weighted by molar-refractivity contribution is 0.0949. The molecule has 0 aliphatic rings. The molecule has 1 N–H and O–H groups in total. The smallest absolute Gasteiger partial charge is 0.267 e. The van der Waals surface area contributed by atoms with Crippen LogP contribution >= 0.6 is 0 Å². The molecular weight excluding hydrogens is 347 g/mol. The van der Waals surface area contributed by atoms with Crippen molar-refractivity contribution >= 4 is 22.4 Å². The molecule has 6 nitrogen and oxygen atoms in total. The number of nitrogens with zero attached hydrogens (tertiary/aromatic N) is 3. The molecule has 138 valence electrons. The van der Waals surface area contributed by atoms with E-state index in [0.29, 0.717) is 29.4 Å². The highest BCUT2D eigenvalue weighted by Crippen LogP contribution is 2.13. The summed E-state index contributed by atoms with van der Waals surface area (Å²) >= 11 is 0. The van der Waals surface area contributed by atoms with Crippen LogP contribution in [0, 0.1) is 5.82 Å². The van der Waals surface area contributed by atoms with Gasteiger partial charge in [-0.1, -0.05) is 37.3 Å². The lowest BCUT2D eigenvalue weighted by Crippen LogP contribution is -2.29. The van der Waals surface area contributed by atoms with Gasteiger partial charge in [0.25, 0.3) is 11.5 Å². The monoisotopic (exact) mass is 366 g/mol. The van der Waals surface area contributed by atoms with Gasteiger partial charge < -0.3 is 0 Å². The third-order valence-corrected chi connectivity index (χ3v) is 4.19. The number of aromatic nitrogens is 2. The minimum Gasteiger partial charge on any atom is -0.267 e. The van der Waals surface area contributed by atoms with Crippen LogP contribution in [0.2, 0.25) is 0 Å².